The predicted molar refractivity (Wildman–Crippen MR) is 147 cm³/mol. The molecule has 9 heteroatoms. The van der Waals surface area contributed by atoms with Gasteiger partial charge in [-0.05, 0) is 106 Å². The van der Waals surface area contributed by atoms with Crippen LogP contribution in [0.3, 0.4) is 0 Å². The van der Waals surface area contributed by atoms with E-state index >= 15 is 0 Å². The molecule has 4 rings (SSSR count). The molecule has 8 nitrogen and oxygen atoms in total. The fraction of sp³-hybridized carbons (Fsp3) is 0.300. The van der Waals surface area contributed by atoms with Gasteiger partial charge < -0.3 is 20.1 Å². The van der Waals surface area contributed by atoms with Crippen molar-refractivity contribution in [3.63, 3.8) is 0 Å². The Hall–Kier alpha value is -4.40. The van der Waals surface area contributed by atoms with Gasteiger partial charge in [0.1, 0.15) is 17.2 Å². The maximum Gasteiger partial charge on any atom is 0.412 e. The molecule has 0 bridgehead atoms. The van der Waals surface area contributed by atoms with Gasteiger partial charge in [0, 0.05) is 12.1 Å². The summed E-state index contributed by atoms with van der Waals surface area (Å²) in [6.07, 6.45) is 1.27. The quantitative estimate of drug-likeness (QED) is 0.316. The highest BCUT2D eigenvalue weighted by Gasteiger charge is 2.24. The molecule has 39 heavy (non-hydrogen) atoms. The molecule has 1 atom stereocenters. The molecule has 0 fully saturated rings. The summed E-state index contributed by atoms with van der Waals surface area (Å²) in [7, 11) is 0. The molecule has 0 aliphatic heterocycles. The number of hydrogen-bond donors (Lipinski definition) is 3. The summed E-state index contributed by atoms with van der Waals surface area (Å²) in [5.41, 5.74) is 3.03. The smallest absolute Gasteiger partial charge is 0.412 e. The number of rotatable bonds is 7. The van der Waals surface area contributed by atoms with E-state index in [9.17, 15) is 18.8 Å². The summed E-state index contributed by atoms with van der Waals surface area (Å²) in [5.74, 6) is -0.163. The van der Waals surface area contributed by atoms with Crippen LogP contribution in [-0.4, -0.2) is 30.2 Å². The molecule has 3 aromatic rings. The first-order valence-corrected chi connectivity index (χ1v) is 12.8. The van der Waals surface area contributed by atoms with Gasteiger partial charge in [-0.2, -0.15) is 0 Å². The van der Waals surface area contributed by atoms with E-state index in [1.807, 2.05) is 12.1 Å². The number of hydrogen-bond acceptors (Lipinski definition) is 5. The number of carbonyl (C=O) groups excluding carboxylic acids is 3. The van der Waals surface area contributed by atoms with Crippen molar-refractivity contribution in [3.05, 3.63) is 89.2 Å². The highest BCUT2D eigenvalue weighted by molar-refractivity contribution is 6.07. The topological polar surface area (TPSA) is 106 Å². The number of carbonyl (C=O) groups is 3. The Labute approximate surface area is 226 Å². The lowest BCUT2D eigenvalue weighted by molar-refractivity contribution is 0.0635. The van der Waals surface area contributed by atoms with Crippen LogP contribution in [0.5, 0.6) is 5.75 Å². The maximum atomic E-state index is 13.0. The Morgan fingerprint density at radius 3 is 2.31 bits per heavy atom. The van der Waals surface area contributed by atoms with Crippen molar-refractivity contribution >= 4 is 29.5 Å². The summed E-state index contributed by atoms with van der Waals surface area (Å²) in [6, 6.07) is 17.8. The molecule has 3 N–H and O–H groups in total. The number of nitrogens with one attached hydrogen (secondary N) is 3. The third-order valence-corrected chi connectivity index (χ3v) is 6.20. The fourth-order valence-electron chi connectivity index (χ4n) is 4.45. The van der Waals surface area contributed by atoms with Gasteiger partial charge in [0.15, 0.2) is 0 Å². The summed E-state index contributed by atoms with van der Waals surface area (Å²) in [5, 5.41) is 8.29. The molecule has 1 aliphatic rings. The number of ether oxygens (including phenoxy) is 2. The fourth-order valence-corrected chi connectivity index (χ4v) is 4.45. The average Bonchev–Trinajstić information content (AvgIpc) is 3.27. The lowest BCUT2D eigenvalue weighted by Crippen LogP contribution is -2.28. The minimum Gasteiger partial charge on any atom is -0.444 e. The van der Waals surface area contributed by atoms with Crippen LogP contribution in [0, 0.1) is 5.82 Å². The zero-order valence-corrected chi connectivity index (χ0v) is 22.2. The highest BCUT2D eigenvalue weighted by Crippen LogP contribution is 2.36. The van der Waals surface area contributed by atoms with Crippen molar-refractivity contribution in [2.45, 2.75) is 51.6 Å². The summed E-state index contributed by atoms with van der Waals surface area (Å²) >= 11 is 0. The van der Waals surface area contributed by atoms with Gasteiger partial charge in [-0.15, -0.1) is 0 Å². The van der Waals surface area contributed by atoms with Crippen LogP contribution in [0.2, 0.25) is 0 Å². The van der Waals surface area contributed by atoms with Crippen LogP contribution < -0.4 is 20.7 Å². The third-order valence-electron chi connectivity index (χ3n) is 6.20. The standard InChI is InChI=1S/C30H32FN3O5/c1-30(2,3)39-29(37)34-26-7-5-4-6-25(26)33-27(35)21-10-15-24-19(8-9-20(24)18-21)16-17-32-28(36)38-23-13-11-22(31)12-14-23/h4-7,10-15,18-19H,8-9,16-17H2,1-3H3,(H,32,36)(H,33,35)(H,34,37). The van der Waals surface area contributed by atoms with Crippen molar-refractivity contribution in [2.75, 3.05) is 17.2 Å². The summed E-state index contributed by atoms with van der Waals surface area (Å²) in [6.45, 7) is 5.76. The molecule has 1 unspecified atom stereocenters. The van der Waals surface area contributed by atoms with E-state index in [4.69, 9.17) is 9.47 Å². The Morgan fingerprint density at radius 2 is 1.62 bits per heavy atom. The first kappa shape index (κ1) is 27.6. The number of para-hydroxylation sites is 2. The van der Waals surface area contributed by atoms with E-state index in [1.165, 1.54) is 24.3 Å². The summed E-state index contributed by atoms with van der Waals surface area (Å²) < 4.78 is 23.5. The van der Waals surface area contributed by atoms with Crippen LogP contribution in [0.15, 0.2) is 66.7 Å². The number of aryl methyl sites for hydroxylation is 1. The van der Waals surface area contributed by atoms with Gasteiger partial charge in [-0.3, -0.25) is 10.1 Å². The molecule has 3 aromatic carbocycles. The van der Waals surface area contributed by atoms with Gasteiger partial charge in [0.05, 0.1) is 11.4 Å². The van der Waals surface area contributed by atoms with Gasteiger partial charge in [-0.1, -0.05) is 18.2 Å². The van der Waals surface area contributed by atoms with Gasteiger partial charge in [0.2, 0.25) is 0 Å². The second-order valence-corrected chi connectivity index (χ2v) is 10.3. The lowest BCUT2D eigenvalue weighted by atomic mass is 9.96. The SMILES string of the molecule is CC(C)(C)OC(=O)Nc1ccccc1NC(=O)c1ccc2c(c1)CCC2CCNC(=O)Oc1ccc(F)cc1. The van der Waals surface area contributed by atoms with Gasteiger partial charge in [0.25, 0.3) is 5.91 Å². The molecule has 0 saturated heterocycles. The second-order valence-electron chi connectivity index (χ2n) is 10.3. The van der Waals surface area contributed by atoms with E-state index in [0.29, 0.717) is 23.5 Å². The van der Waals surface area contributed by atoms with E-state index < -0.39 is 23.6 Å². The Balaban J connectivity index is 1.32. The molecule has 0 radical (unpaired) electrons. The molecule has 0 heterocycles. The van der Waals surface area contributed by atoms with Crippen LogP contribution in [-0.2, 0) is 11.2 Å². The van der Waals surface area contributed by atoms with Crippen LogP contribution in [0.4, 0.5) is 25.4 Å². The zero-order chi connectivity index (χ0) is 28.0. The van der Waals surface area contributed by atoms with Crippen LogP contribution in [0.1, 0.15) is 61.0 Å². The Kier molecular flexibility index (Phi) is 8.49. The van der Waals surface area contributed by atoms with Crippen molar-refractivity contribution in [1.82, 2.24) is 5.32 Å². The van der Waals surface area contributed by atoms with Gasteiger partial charge >= 0.3 is 12.2 Å². The molecule has 1 aliphatic carbocycles. The molecule has 0 aromatic heterocycles. The van der Waals surface area contributed by atoms with Crippen LogP contribution in [0.25, 0.3) is 0 Å². The first-order valence-electron chi connectivity index (χ1n) is 12.8. The monoisotopic (exact) mass is 533 g/mol. The number of fused-ring (bicyclic) bond motifs is 1. The maximum absolute atomic E-state index is 13.0. The minimum absolute atomic E-state index is 0.252. The van der Waals surface area contributed by atoms with Crippen molar-refractivity contribution < 1.29 is 28.2 Å². The number of halogens is 1. The molecule has 0 saturated carbocycles. The molecular weight excluding hydrogens is 501 g/mol. The van der Waals surface area contributed by atoms with E-state index in [-0.39, 0.29) is 17.6 Å². The minimum atomic E-state index is -0.645. The highest BCUT2D eigenvalue weighted by atomic mass is 19.1. The molecule has 0 spiro atoms. The first-order chi connectivity index (χ1) is 18.6. The van der Waals surface area contributed by atoms with E-state index in [1.54, 1.807) is 51.1 Å². The van der Waals surface area contributed by atoms with Crippen molar-refractivity contribution in [1.29, 1.82) is 0 Å². The van der Waals surface area contributed by atoms with Crippen molar-refractivity contribution in [3.8, 4) is 5.75 Å². The van der Waals surface area contributed by atoms with E-state index in [2.05, 4.69) is 16.0 Å². The second kappa shape index (κ2) is 12.0. The Morgan fingerprint density at radius 1 is 0.923 bits per heavy atom. The molecular formula is C30H32FN3O5. The lowest BCUT2D eigenvalue weighted by Gasteiger charge is -2.20. The normalized spacial score (nSPS) is 14.2. The Bertz CT molecular complexity index is 1350. The van der Waals surface area contributed by atoms with Gasteiger partial charge in [-0.25, -0.2) is 14.0 Å². The average molecular weight is 534 g/mol. The van der Waals surface area contributed by atoms with Crippen molar-refractivity contribution in [2.24, 2.45) is 0 Å². The summed E-state index contributed by atoms with van der Waals surface area (Å²) in [4.78, 5) is 37.3. The van der Waals surface area contributed by atoms with Crippen LogP contribution >= 0.6 is 0 Å². The molecule has 3 amide bonds. The number of benzene rings is 3. The predicted octanol–water partition coefficient (Wildman–Crippen LogP) is 6.63. The molecule has 204 valence electrons. The largest absolute Gasteiger partial charge is 0.444 e. The zero-order valence-electron chi connectivity index (χ0n) is 22.2. The third kappa shape index (κ3) is 7.80. The number of amides is 3. The number of anilines is 2. The van der Waals surface area contributed by atoms with E-state index in [0.717, 1.165) is 30.4 Å².